The van der Waals surface area contributed by atoms with Crippen LogP contribution in [0.3, 0.4) is 0 Å². The van der Waals surface area contributed by atoms with E-state index in [1.807, 2.05) is 42.5 Å². The normalized spacial score (nSPS) is 11.1. The summed E-state index contributed by atoms with van der Waals surface area (Å²) in [5.74, 6) is 0.251. The highest BCUT2D eigenvalue weighted by Gasteiger charge is 2.09. The topological polar surface area (TPSA) is 74.3 Å². The van der Waals surface area contributed by atoms with Crippen LogP contribution in [-0.4, -0.2) is 15.7 Å². The minimum absolute atomic E-state index is 0.0891. The first-order valence-corrected chi connectivity index (χ1v) is 8.29. The maximum Gasteiger partial charge on any atom is 0.308 e. The van der Waals surface area contributed by atoms with Gasteiger partial charge in [0.05, 0.1) is 24.7 Å². The van der Waals surface area contributed by atoms with Crippen LogP contribution >= 0.6 is 0 Å². The van der Waals surface area contributed by atoms with Crippen LogP contribution in [0, 0.1) is 0 Å². The fourth-order valence-corrected chi connectivity index (χ4v) is 2.87. The summed E-state index contributed by atoms with van der Waals surface area (Å²) in [6.45, 7) is 0.422. The average molecular weight is 348 g/mol. The molecule has 0 bridgehead atoms. The molecule has 0 radical (unpaired) electrons. The quantitative estimate of drug-likeness (QED) is 0.518. The number of aryl methyl sites for hydroxylation is 1. The minimum Gasteiger partial charge on any atom is -0.457 e. The van der Waals surface area contributed by atoms with Crippen LogP contribution in [0.2, 0.25) is 0 Å². The standard InChI is InChI=1S/C20H16N2O4/c23-18-12-21-22(17-7-3-2-6-16(17)18)10-9-20(24)25-13-15-11-14-5-1-4-8-19(14)26-15/h1-8,11-12H,9-10,13H2. The van der Waals surface area contributed by atoms with E-state index in [-0.39, 0.29) is 24.4 Å². The Bertz CT molecular complexity index is 1110. The van der Waals surface area contributed by atoms with Gasteiger partial charge in [-0.25, -0.2) is 0 Å². The summed E-state index contributed by atoms with van der Waals surface area (Å²) in [5, 5.41) is 5.66. The first kappa shape index (κ1) is 16.1. The Hall–Kier alpha value is -3.41. The Morgan fingerprint density at radius 1 is 1.12 bits per heavy atom. The van der Waals surface area contributed by atoms with Crippen molar-refractivity contribution in [3.63, 3.8) is 0 Å². The number of esters is 1. The lowest BCUT2D eigenvalue weighted by Crippen LogP contribution is -2.15. The highest BCUT2D eigenvalue weighted by Crippen LogP contribution is 2.19. The number of para-hydroxylation sites is 2. The van der Waals surface area contributed by atoms with E-state index in [9.17, 15) is 9.59 Å². The van der Waals surface area contributed by atoms with Crippen molar-refractivity contribution in [3.8, 4) is 0 Å². The molecule has 26 heavy (non-hydrogen) atoms. The summed E-state index contributed by atoms with van der Waals surface area (Å²) in [6, 6.07) is 16.7. The minimum atomic E-state index is -0.352. The molecule has 0 N–H and O–H groups in total. The van der Waals surface area contributed by atoms with E-state index in [4.69, 9.17) is 9.15 Å². The Labute approximate surface area is 148 Å². The van der Waals surface area contributed by atoms with Crippen LogP contribution in [0.25, 0.3) is 21.9 Å². The van der Waals surface area contributed by atoms with Crippen molar-refractivity contribution < 1.29 is 13.9 Å². The van der Waals surface area contributed by atoms with E-state index in [1.54, 1.807) is 16.8 Å². The number of fused-ring (bicyclic) bond motifs is 2. The number of hydrogen-bond donors (Lipinski definition) is 0. The number of carbonyl (C=O) groups is 1. The molecule has 0 atom stereocenters. The van der Waals surface area contributed by atoms with Crippen molar-refractivity contribution in [2.24, 2.45) is 0 Å². The summed E-state index contributed by atoms with van der Waals surface area (Å²) in [4.78, 5) is 23.9. The number of carbonyl (C=O) groups excluding carboxylic acids is 1. The van der Waals surface area contributed by atoms with Crippen molar-refractivity contribution in [3.05, 3.63) is 76.8 Å². The van der Waals surface area contributed by atoms with Crippen molar-refractivity contribution in [2.45, 2.75) is 19.6 Å². The molecule has 2 heterocycles. The molecule has 0 aliphatic rings. The van der Waals surface area contributed by atoms with E-state index in [1.165, 1.54) is 6.20 Å². The summed E-state index contributed by atoms with van der Waals surface area (Å²) in [7, 11) is 0. The van der Waals surface area contributed by atoms with Gasteiger partial charge in [0.2, 0.25) is 5.43 Å². The number of aromatic nitrogens is 2. The van der Waals surface area contributed by atoms with Gasteiger partial charge in [-0.1, -0.05) is 30.3 Å². The van der Waals surface area contributed by atoms with E-state index in [0.717, 1.165) is 11.0 Å². The molecule has 2 aromatic carbocycles. The van der Waals surface area contributed by atoms with Gasteiger partial charge in [0.1, 0.15) is 18.0 Å². The number of hydrogen-bond acceptors (Lipinski definition) is 5. The van der Waals surface area contributed by atoms with Gasteiger partial charge in [-0.05, 0) is 24.3 Å². The first-order chi connectivity index (χ1) is 12.7. The maximum atomic E-state index is 12.0. The number of benzene rings is 2. The SMILES string of the molecule is O=C(CCn1ncc(=O)c2ccccc21)OCc1cc2ccccc2o1. The zero-order chi connectivity index (χ0) is 17.9. The molecule has 0 spiro atoms. The lowest BCUT2D eigenvalue weighted by atomic mass is 10.2. The molecule has 130 valence electrons. The van der Waals surface area contributed by atoms with Crippen molar-refractivity contribution in [1.29, 1.82) is 0 Å². The molecule has 6 heteroatoms. The zero-order valence-corrected chi connectivity index (χ0v) is 13.9. The molecule has 0 saturated heterocycles. The third kappa shape index (κ3) is 3.21. The van der Waals surface area contributed by atoms with Gasteiger partial charge < -0.3 is 9.15 Å². The molecule has 0 aliphatic carbocycles. The molecule has 0 amide bonds. The van der Waals surface area contributed by atoms with Crippen molar-refractivity contribution >= 4 is 27.8 Å². The summed E-state index contributed by atoms with van der Waals surface area (Å²) in [6.07, 6.45) is 1.42. The van der Waals surface area contributed by atoms with Crippen LogP contribution < -0.4 is 5.43 Å². The van der Waals surface area contributed by atoms with Crippen LogP contribution in [0.1, 0.15) is 12.2 Å². The Kier molecular flexibility index (Phi) is 4.23. The third-order valence-corrected chi connectivity index (χ3v) is 4.14. The molecule has 0 fully saturated rings. The van der Waals surface area contributed by atoms with Gasteiger partial charge in [0.15, 0.2) is 0 Å². The second-order valence-electron chi connectivity index (χ2n) is 5.91. The smallest absolute Gasteiger partial charge is 0.308 e. The van der Waals surface area contributed by atoms with Gasteiger partial charge in [0.25, 0.3) is 0 Å². The zero-order valence-electron chi connectivity index (χ0n) is 13.9. The predicted molar refractivity (Wildman–Crippen MR) is 96.6 cm³/mol. The molecular formula is C20H16N2O4. The van der Waals surface area contributed by atoms with Crippen molar-refractivity contribution in [1.82, 2.24) is 9.78 Å². The molecule has 0 unspecified atom stereocenters. The lowest BCUT2D eigenvalue weighted by molar-refractivity contribution is -0.145. The summed E-state index contributed by atoms with van der Waals surface area (Å²) in [5.41, 5.74) is 1.33. The Morgan fingerprint density at radius 3 is 2.81 bits per heavy atom. The molecule has 0 saturated carbocycles. The predicted octanol–water partition coefficient (Wildman–Crippen LogP) is 3.28. The molecule has 6 nitrogen and oxygen atoms in total. The monoisotopic (exact) mass is 348 g/mol. The van der Waals surface area contributed by atoms with Gasteiger partial charge >= 0.3 is 5.97 Å². The second-order valence-corrected chi connectivity index (χ2v) is 5.91. The molecule has 4 aromatic rings. The van der Waals surface area contributed by atoms with Gasteiger partial charge in [-0.2, -0.15) is 5.10 Å². The van der Waals surface area contributed by atoms with E-state index in [0.29, 0.717) is 23.2 Å². The molecule has 0 aliphatic heterocycles. The maximum absolute atomic E-state index is 12.0. The number of ether oxygens (including phenoxy) is 1. The molecular weight excluding hydrogens is 332 g/mol. The second kappa shape index (κ2) is 6.84. The molecule has 4 rings (SSSR count). The fourth-order valence-electron chi connectivity index (χ4n) is 2.87. The van der Waals surface area contributed by atoms with Crippen LogP contribution in [0.5, 0.6) is 0 Å². The number of nitrogens with zero attached hydrogens (tertiary/aromatic N) is 2. The van der Waals surface area contributed by atoms with Gasteiger partial charge in [0, 0.05) is 10.8 Å². The van der Waals surface area contributed by atoms with Crippen LogP contribution in [-0.2, 0) is 22.7 Å². The average Bonchev–Trinajstić information content (AvgIpc) is 3.09. The van der Waals surface area contributed by atoms with Gasteiger partial charge in [-0.15, -0.1) is 0 Å². The highest BCUT2D eigenvalue weighted by atomic mass is 16.5. The third-order valence-electron chi connectivity index (χ3n) is 4.14. The number of furan rings is 1. The number of rotatable bonds is 5. The Morgan fingerprint density at radius 2 is 1.92 bits per heavy atom. The molecule has 2 aromatic heterocycles. The van der Waals surface area contributed by atoms with E-state index in [2.05, 4.69) is 5.10 Å². The van der Waals surface area contributed by atoms with E-state index < -0.39 is 0 Å². The fraction of sp³-hybridized carbons (Fsp3) is 0.150. The largest absolute Gasteiger partial charge is 0.457 e. The summed E-state index contributed by atoms with van der Waals surface area (Å²) < 4.78 is 12.5. The van der Waals surface area contributed by atoms with Crippen LogP contribution in [0.15, 0.2) is 70.0 Å². The lowest BCUT2D eigenvalue weighted by Gasteiger charge is -2.08. The Balaban J connectivity index is 1.40. The highest BCUT2D eigenvalue weighted by molar-refractivity contribution is 5.79. The summed E-state index contributed by atoms with van der Waals surface area (Å²) >= 11 is 0. The first-order valence-electron chi connectivity index (χ1n) is 8.29. The van der Waals surface area contributed by atoms with Crippen LogP contribution in [0.4, 0.5) is 0 Å². The van der Waals surface area contributed by atoms with Crippen molar-refractivity contribution in [2.75, 3.05) is 0 Å². The van der Waals surface area contributed by atoms with E-state index >= 15 is 0 Å². The van der Waals surface area contributed by atoms with Gasteiger partial charge in [-0.3, -0.25) is 14.3 Å².